The van der Waals surface area contributed by atoms with Crippen LogP contribution in [0.15, 0.2) is 12.2 Å². The first-order chi connectivity index (χ1) is 9.15. The molecule has 6 atom stereocenters. The third-order valence-electron chi connectivity index (χ3n) is 3.86. The number of rotatable bonds is 5. The lowest BCUT2D eigenvalue weighted by atomic mass is 10.0. The van der Waals surface area contributed by atoms with Crippen LogP contribution in [0.4, 0.5) is 0 Å². The zero-order valence-electron chi connectivity index (χ0n) is 11.2. The molecule has 2 aliphatic heterocycles. The molecule has 2 saturated heterocycles. The van der Waals surface area contributed by atoms with Gasteiger partial charge in [0, 0.05) is 17.7 Å². The highest BCUT2D eigenvalue weighted by Gasteiger charge is 2.46. The van der Waals surface area contributed by atoms with Gasteiger partial charge in [-0.15, -0.1) is 6.42 Å². The Balaban J connectivity index is 1.81. The number of aliphatic hydroxyl groups excluding tert-OH is 1. The van der Waals surface area contributed by atoms with Gasteiger partial charge in [0.25, 0.3) is 0 Å². The topological polar surface area (TPSA) is 38.7 Å². The summed E-state index contributed by atoms with van der Waals surface area (Å²) in [5.74, 6) is 2.42. The fourth-order valence-corrected chi connectivity index (χ4v) is 3.12. The molecule has 0 saturated carbocycles. The van der Waals surface area contributed by atoms with Gasteiger partial charge >= 0.3 is 0 Å². The van der Waals surface area contributed by atoms with Gasteiger partial charge in [0.15, 0.2) is 0 Å². The second-order valence-electron chi connectivity index (χ2n) is 5.19. The van der Waals surface area contributed by atoms with Crippen LogP contribution in [0.2, 0.25) is 0 Å². The number of halogens is 1. The van der Waals surface area contributed by atoms with Gasteiger partial charge in [-0.25, -0.2) is 0 Å². The Kier molecular flexibility index (Phi) is 5.47. The Morgan fingerprint density at radius 1 is 1.37 bits per heavy atom. The van der Waals surface area contributed by atoms with E-state index in [0.717, 1.165) is 19.3 Å². The van der Waals surface area contributed by atoms with Gasteiger partial charge in [0.2, 0.25) is 0 Å². The summed E-state index contributed by atoms with van der Waals surface area (Å²) in [7, 11) is 0. The predicted molar refractivity (Wildman–Crippen MR) is 78.2 cm³/mol. The molecule has 0 spiro atoms. The van der Waals surface area contributed by atoms with Crippen molar-refractivity contribution >= 4 is 15.9 Å². The molecule has 0 aromatic heterocycles. The second kappa shape index (κ2) is 6.90. The molecule has 0 amide bonds. The summed E-state index contributed by atoms with van der Waals surface area (Å²) in [6.45, 7) is 2.14. The van der Waals surface area contributed by atoms with E-state index in [0.29, 0.717) is 11.2 Å². The first-order valence-electron chi connectivity index (χ1n) is 6.89. The van der Waals surface area contributed by atoms with Crippen molar-refractivity contribution in [1.29, 1.82) is 0 Å². The summed E-state index contributed by atoms with van der Waals surface area (Å²) in [6.07, 6.45) is 11.7. The molecule has 2 heterocycles. The molecule has 2 aliphatic rings. The molecule has 0 aromatic rings. The zero-order valence-corrected chi connectivity index (χ0v) is 12.8. The van der Waals surface area contributed by atoms with Gasteiger partial charge in [0.1, 0.15) is 0 Å². The van der Waals surface area contributed by atoms with E-state index in [2.05, 4.69) is 28.8 Å². The average Bonchev–Trinajstić information content (AvgIpc) is 2.96. The Morgan fingerprint density at radius 3 is 2.63 bits per heavy atom. The molecule has 1 unspecified atom stereocenters. The van der Waals surface area contributed by atoms with Crippen LogP contribution in [-0.2, 0) is 9.47 Å². The highest BCUT2D eigenvalue weighted by molar-refractivity contribution is 9.09. The number of fused-ring (bicyclic) bond motifs is 1. The number of alkyl halides is 1. The second-order valence-corrected chi connectivity index (χ2v) is 6.37. The lowest BCUT2D eigenvalue weighted by molar-refractivity contribution is -0.0330. The Labute approximate surface area is 123 Å². The average molecular weight is 329 g/mol. The van der Waals surface area contributed by atoms with Gasteiger partial charge in [-0.1, -0.05) is 34.9 Å². The normalized spacial score (nSPS) is 37.2. The van der Waals surface area contributed by atoms with Crippen molar-refractivity contribution in [2.75, 3.05) is 0 Å². The van der Waals surface area contributed by atoms with E-state index in [9.17, 15) is 5.11 Å². The summed E-state index contributed by atoms with van der Waals surface area (Å²) in [5, 5.41) is 10.0. The molecule has 0 aliphatic carbocycles. The summed E-state index contributed by atoms with van der Waals surface area (Å²) in [6, 6.07) is 0. The molecule has 1 N–H and O–H groups in total. The minimum absolute atomic E-state index is 0.131. The predicted octanol–water partition coefficient (Wildman–Crippen LogP) is 2.42. The van der Waals surface area contributed by atoms with Crippen molar-refractivity contribution in [2.24, 2.45) is 0 Å². The van der Waals surface area contributed by atoms with Crippen molar-refractivity contribution in [3.63, 3.8) is 0 Å². The van der Waals surface area contributed by atoms with E-state index in [1.54, 1.807) is 12.2 Å². The molecule has 0 radical (unpaired) electrons. The quantitative estimate of drug-likeness (QED) is 0.622. The van der Waals surface area contributed by atoms with Crippen LogP contribution in [-0.4, -0.2) is 40.5 Å². The Morgan fingerprint density at radius 2 is 2.00 bits per heavy atom. The molecular formula is C15H21BrO3. The fraction of sp³-hybridized carbons (Fsp3) is 0.733. The Hall–Kier alpha value is -0.340. The standard InChI is InChI=1S/C15H21BrO3/c1-3-5-6-7-11(17)13-9-15-14(19-13)8-12(18-15)10(16)4-2/h1,5-6,10-15,17H,4,7-9H2,2H3/b6-5-/t10?,11-,12-,13-,14-,15-/m1/s1. The van der Waals surface area contributed by atoms with Crippen molar-refractivity contribution in [3.8, 4) is 12.3 Å². The van der Waals surface area contributed by atoms with Gasteiger partial charge in [-0.2, -0.15) is 0 Å². The van der Waals surface area contributed by atoms with Gasteiger partial charge in [-0.3, -0.25) is 0 Å². The van der Waals surface area contributed by atoms with E-state index in [-0.39, 0.29) is 24.4 Å². The van der Waals surface area contributed by atoms with Crippen LogP contribution in [0.25, 0.3) is 0 Å². The van der Waals surface area contributed by atoms with Gasteiger partial charge in [-0.05, 0) is 18.9 Å². The monoisotopic (exact) mass is 328 g/mol. The SMILES string of the molecule is C#C/C=C\C[C@@H](O)[C@H]1C[C@H]2O[C@@H](C(Br)CC)C[C@H]2O1. The maximum absolute atomic E-state index is 10.0. The number of terminal acetylenes is 1. The summed E-state index contributed by atoms with van der Waals surface area (Å²) in [5.41, 5.74) is 0. The smallest absolute Gasteiger partial charge is 0.0868 e. The van der Waals surface area contributed by atoms with Crippen molar-refractivity contribution < 1.29 is 14.6 Å². The number of hydrogen-bond acceptors (Lipinski definition) is 3. The van der Waals surface area contributed by atoms with Crippen LogP contribution in [0.3, 0.4) is 0 Å². The third-order valence-corrected chi connectivity index (χ3v) is 5.09. The van der Waals surface area contributed by atoms with Crippen molar-refractivity contribution in [2.45, 2.75) is 68.0 Å². The molecule has 106 valence electrons. The highest BCUT2D eigenvalue weighted by atomic mass is 79.9. The Bertz CT molecular complexity index is 349. The fourth-order valence-electron chi connectivity index (χ4n) is 2.78. The lowest BCUT2D eigenvalue weighted by Crippen LogP contribution is -2.28. The molecule has 4 heteroatoms. The number of aliphatic hydroxyl groups is 1. The molecule has 2 fully saturated rings. The zero-order chi connectivity index (χ0) is 13.8. The first-order valence-corrected chi connectivity index (χ1v) is 7.81. The van der Waals surface area contributed by atoms with Crippen LogP contribution >= 0.6 is 15.9 Å². The summed E-state index contributed by atoms with van der Waals surface area (Å²) >= 11 is 3.64. The lowest BCUT2D eigenvalue weighted by Gasteiger charge is -2.21. The summed E-state index contributed by atoms with van der Waals surface area (Å²) in [4.78, 5) is 0.392. The molecule has 3 nitrogen and oxygen atoms in total. The molecule has 0 aromatic carbocycles. The maximum Gasteiger partial charge on any atom is 0.0868 e. The van der Waals surface area contributed by atoms with E-state index in [1.807, 2.05) is 0 Å². The molecule has 0 bridgehead atoms. The van der Waals surface area contributed by atoms with E-state index in [1.165, 1.54) is 0 Å². The van der Waals surface area contributed by atoms with Crippen LogP contribution in [0, 0.1) is 12.3 Å². The van der Waals surface area contributed by atoms with E-state index >= 15 is 0 Å². The van der Waals surface area contributed by atoms with Crippen LogP contribution < -0.4 is 0 Å². The van der Waals surface area contributed by atoms with Crippen LogP contribution in [0.5, 0.6) is 0 Å². The van der Waals surface area contributed by atoms with Crippen LogP contribution in [0.1, 0.15) is 32.6 Å². The molecule has 19 heavy (non-hydrogen) atoms. The van der Waals surface area contributed by atoms with Crippen molar-refractivity contribution in [3.05, 3.63) is 12.2 Å². The maximum atomic E-state index is 10.0. The third kappa shape index (κ3) is 3.61. The summed E-state index contributed by atoms with van der Waals surface area (Å²) < 4.78 is 11.9. The van der Waals surface area contributed by atoms with Gasteiger partial charge in [0.05, 0.1) is 30.5 Å². The van der Waals surface area contributed by atoms with Crippen molar-refractivity contribution in [1.82, 2.24) is 0 Å². The van der Waals surface area contributed by atoms with E-state index < -0.39 is 6.10 Å². The number of ether oxygens (including phenoxy) is 2. The molecule has 2 rings (SSSR count). The minimum Gasteiger partial charge on any atom is -0.390 e. The van der Waals surface area contributed by atoms with E-state index in [4.69, 9.17) is 15.9 Å². The largest absolute Gasteiger partial charge is 0.390 e. The highest BCUT2D eigenvalue weighted by Crippen LogP contribution is 2.38. The van der Waals surface area contributed by atoms with Gasteiger partial charge < -0.3 is 14.6 Å². The molecular weight excluding hydrogens is 308 g/mol. The minimum atomic E-state index is -0.497. The number of allylic oxidation sites excluding steroid dienone is 1. The first kappa shape index (κ1) is 15.1. The number of hydrogen-bond donors (Lipinski definition) is 1.